The van der Waals surface area contributed by atoms with E-state index in [1.54, 1.807) is 11.8 Å². The van der Waals surface area contributed by atoms with E-state index in [2.05, 4.69) is 16.9 Å². The topological polar surface area (TPSA) is 61.4 Å². The second-order valence-electron chi connectivity index (χ2n) is 5.23. The molecule has 0 saturated heterocycles. The molecule has 0 bridgehead atoms. The number of nitrogens with one attached hydrogen (secondary N) is 2. The number of aliphatic hydroxyl groups excluding tert-OH is 1. The van der Waals surface area contributed by atoms with Crippen molar-refractivity contribution < 1.29 is 9.90 Å². The Morgan fingerprint density at radius 2 is 1.83 bits per heavy atom. The average Bonchev–Trinajstić information content (AvgIpc) is 2.57. The fourth-order valence-electron chi connectivity index (χ4n) is 2.19. The maximum absolute atomic E-state index is 11.8. The minimum Gasteiger partial charge on any atom is -0.388 e. The van der Waals surface area contributed by atoms with Gasteiger partial charge in [0.05, 0.1) is 6.10 Å². The van der Waals surface area contributed by atoms with Gasteiger partial charge in [-0.3, -0.25) is 0 Å². The van der Waals surface area contributed by atoms with Gasteiger partial charge in [0.2, 0.25) is 0 Å². The van der Waals surface area contributed by atoms with Crippen molar-refractivity contribution in [1.82, 2.24) is 5.32 Å². The molecule has 23 heavy (non-hydrogen) atoms. The van der Waals surface area contributed by atoms with Crippen molar-refractivity contribution in [2.75, 3.05) is 18.1 Å². The van der Waals surface area contributed by atoms with Crippen molar-refractivity contribution in [2.45, 2.75) is 18.3 Å². The predicted octanol–water partition coefficient (Wildman–Crippen LogP) is 3.79. The summed E-state index contributed by atoms with van der Waals surface area (Å²) in [7, 11) is 0. The Balaban J connectivity index is 1.72. The van der Waals surface area contributed by atoms with Crippen LogP contribution in [0.2, 0.25) is 0 Å². The number of benzene rings is 2. The number of hydrogen-bond donors (Lipinski definition) is 3. The summed E-state index contributed by atoms with van der Waals surface area (Å²) in [5.41, 5.74) is 2.85. The van der Waals surface area contributed by atoms with Gasteiger partial charge in [0.1, 0.15) is 0 Å². The maximum atomic E-state index is 11.8. The van der Waals surface area contributed by atoms with Gasteiger partial charge in [0, 0.05) is 18.0 Å². The lowest BCUT2D eigenvalue weighted by molar-refractivity contribution is 0.167. The summed E-state index contributed by atoms with van der Waals surface area (Å²) in [6.07, 6.45) is 1.97. The predicted molar refractivity (Wildman–Crippen MR) is 96.7 cm³/mol. The second kappa shape index (κ2) is 9.22. The third-order valence-corrected chi connectivity index (χ3v) is 4.03. The van der Waals surface area contributed by atoms with Crippen LogP contribution in [0.1, 0.15) is 23.7 Å². The summed E-state index contributed by atoms with van der Waals surface area (Å²) in [4.78, 5) is 11.8. The Labute approximate surface area is 141 Å². The Hall–Kier alpha value is -1.98. The molecule has 5 heteroatoms. The molecule has 2 aromatic carbocycles. The number of carbonyl (C=O) groups is 1. The van der Waals surface area contributed by atoms with Gasteiger partial charge in [-0.1, -0.05) is 42.5 Å². The van der Waals surface area contributed by atoms with Crippen molar-refractivity contribution in [3.8, 4) is 0 Å². The molecule has 0 saturated carbocycles. The molecule has 0 heterocycles. The zero-order chi connectivity index (χ0) is 16.5. The lowest BCUT2D eigenvalue weighted by Crippen LogP contribution is -2.30. The van der Waals surface area contributed by atoms with Crippen LogP contribution in [0.15, 0.2) is 54.6 Å². The quantitative estimate of drug-likeness (QED) is 0.724. The van der Waals surface area contributed by atoms with Crippen LogP contribution < -0.4 is 10.6 Å². The van der Waals surface area contributed by atoms with E-state index < -0.39 is 6.10 Å². The van der Waals surface area contributed by atoms with Gasteiger partial charge < -0.3 is 15.7 Å². The monoisotopic (exact) mass is 330 g/mol. The molecule has 0 aliphatic rings. The van der Waals surface area contributed by atoms with Gasteiger partial charge in [-0.05, 0) is 35.9 Å². The highest BCUT2D eigenvalue weighted by Crippen LogP contribution is 2.15. The molecule has 0 aromatic heterocycles. The molecule has 1 atom stereocenters. The fourth-order valence-corrected chi connectivity index (χ4v) is 2.72. The zero-order valence-corrected chi connectivity index (χ0v) is 14.0. The molecule has 2 rings (SSSR count). The van der Waals surface area contributed by atoms with Crippen LogP contribution >= 0.6 is 11.8 Å². The molecule has 3 N–H and O–H groups in total. The number of hydrogen-bond acceptors (Lipinski definition) is 3. The van der Waals surface area contributed by atoms with E-state index in [4.69, 9.17) is 0 Å². The molecule has 0 fully saturated rings. The van der Waals surface area contributed by atoms with Gasteiger partial charge in [0.25, 0.3) is 0 Å². The van der Waals surface area contributed by atoms with E-state index >= 15 is 0 Å². The minimum atomic E-state index is -0.567. The molecule has 0 aliphatic carbocycles. The summed E-state index contributed by atoms with van der Waals surface area (Å²) in [5.74, 6) is 0.962. The largest absolute Gasteiger partial charge is 0.388 e. The van der Waals surface area contributed by atoms with Crippen LogP contribution in [0.3, 0.4) is 0 Å². The van der Waals surface area contributed by atoms with Gasteiger partial charge in [-0.25, -0.2) is 4.79 Å². The van der Waals surface area contributed by atoms with E-state index in [1.807, 2.05) is 54.6 Å². The number of aliphatic hydroxyl groups is 1. The molecular weight excluding hydrogens is 308 g/mol. The van der Waals surface area contributed by atoms with E-state index in [0.29, 0.717) is 13.0 Å². The lowest BCUT2D eigenvalue weighted by Gasteiger charge is -2.12. The molecule has 2 amide bonds. The van der Waals surface area contributed by atoms with E-state index in [1.165, 1.54) is 5.56 Å². The van der Waals surface area contributed by atoms with Gasteiger partial charge in [-0.15, -0.1) is 0 Å². The smallest absolute Gasteiger partial charge is 0.319 e. The Kier molecular flexibility index (Phi) is 6.97. The summed E-state index contributed by atoms with van der Waals surface area (Å²) in [6, 6.07) is 17.0. The molecule has 1 unspecified atom stereocenters. The van der Waals surface area contributed by atoms with Crippen molar-refractivity contribution in [3.63, 3.8) is 0 Å². The highest BCUT2D eigenvalue weighted by molar-refractivity contribution is 7.97. The summed E-state index contributed by atoms with van der Waals surface area (Å²) in [6.45, 7) is 0.409. The highest BCUT2D eigenvalue weighted by atomic mass is 32.2. The Morgan fingerprint density at radius 1 is 1.13 bits per heavy atom. The normalized spacial score (nSPS) is 11.7. The number of anilines is 1. The summed E-state index contributed by atoms with van der Waals surface area (Å²) >= 11 is 1.76. The van der Waals surface area contributed by atoms with Crippen LogP contribution in [0.5, 0.6) is 0 Å². The summed E-state index contributed by atoms with van der Waals surface area (Å²) in [5, 5.41) is 15.6. The first-order chi connectivity index (χ1) is 11.2. The number of amides is 2. The fraction of sp³-hybridized carbons (Fsp3) is 0.278. The van der Waals surface area contributed by atoms with Crippen LogP contribution in [-0.2, 0) is 5.75 Å². The molecule has 4 nitrogen and oxygen atoms in total. The van der Waals surface area contributed by atoms with Crippen molar-refractivity contribution in [1.29, 1.82) is 0 Å². The maximum Gasteiger partial charge on any atom is 0.319 e. The van der Waals surface area contributed by atoms with E-state index in [-0.39, 0.29) is 6.03 Å². The van der Waals surface area contributed by atoms with E-state index in [0.717, 1.165) is 17.0 Å². The molecular formula is C18H22N2O2S. The van der Waals surface area contributed by atoms with Gasteiger partial charge in [0.15, 0.2) is 0 Å². The number of thioether (sulfide) groups is 1. The zero-order valence-electron chi connectivity index (χ0n) is 13.2. The first-order valence-electron chi connectivity index (χ1n) is 7.55. The number of carbonyl (C=O) groups excluding carboxylic acids is 1. The van der Waals surface area contributed by atoms with Crippen LogP contribution in [0, 0.1) is 0 Å². The van der Waals surface area contributed by atoms with Crippen LogP contribution in [-0.4, -0.2) is 23.9 Å². The number of urea groups is 1. The minimum absolute atomic E-state index is 0.261. The molecule has 122 valence electrons. The van der Waals surface area contributed by atoms with Gasteiger partial charge in [-0.2, -0.15) is 11.8 Å². The first kappa shape index (κ1) is 17.4. The standard InChI is InChI=1S/C18H22N2O2S/c1-23-13-14-7-9-16(10-8-14)20-18(22)19-12-11-17(21)15-5-3-2-4-6-15/h2-10,17,21H,11-13H2,1H3,(H2,19,20,22). The highest BCUT2D eigenvalue weighted by Gasteiger charge is 2.07. The van der Waals surface area contributed by atoms with Crippen LogP contribution in [0.25, 0.3) is 0 Å². The first-order valence-corrected chi connectivity index (χ1v) is 8.94. The average molecular weight is 330 g/mol. The molecule has 0 radical (unpaired) electrons. The van der Waals surface area contributed by atoms with Crippen molar-refractivity contribution in [2.24, 2.45) is 0 Å². The summed E-state index contributed by atoms with van der Waals surface area (Å²) < 4.78 is 0. The van der Waals surface area contributed by atoms with Crippen LogP contribution in [0.4, 0.5) is 10.5 Å². The third-order valence-electron chi connectivity index (χ3n) is 3.41. The van der Waals surface area contributed by atoms with Gasteiger partial charge >= 0.3 is 6.03 Å². The lowest BCUT2D eigenvalue weighted by atomic mass is 10.1. The second-order valence-corrected chi connectivity index (χ2v) is 6.09. The Morgan fingerprint density at radius 3 is 2.48 bits per heavy atom. The Bertz CT molecular complexity index is 602. The third kappa shape index (κ3) is 5.96. The molecule has 0 spiro atoms. The number of rotatable bonds is 7. The van der Waals surface area contributed by atoms with Crippen molar-refractivity contribution in [3.05, 3.63) is 65.7 Å². The van der Waals surface area contributed by atoms with Crippen molar-refractivity contribution >= 4 is 23.5 Å². The molecule has 2 aromatic rings. The SMILES string of the molecule is CSCc1ccc(NC(=O)NCCC(O)c2ccccc2)cc1. The van der Waals surface area contributed by atoms with E-state index in [9.17, 15) is 9.90 Å². The molecule has 0 aliphatic heterocycles.